The summed E-state index contributed by atoms with van der Waals surface area (Å²) in [6.45, 7) is 0.709. The molecular weight excluding hydrogens is 581 g/mol. The van der Waals surface area contributed by atoms with Crippen LogP contribution in [0.4, 0.5) is 14.6 Å². The Bertz CT molecular complexity index is 1540. The van der Waals surface area contributed by atoms with Gasteiger partial charge in [-0.05, 0) is 57.0 Å². The first-order valence-corrected chi connectivity index (χ1v) is 15.3. The molecule has 222 valence electrons. The van der Waals surface area contributed by atoms with Crippen LogP contribution < -0.4 is 21.0 Å². The molecule has 1 fully saturated rings. The highest BCUT2D eigenvalue weighted by atomic mass is 32.5. The van der Waals surface area contributed by atoms with Crippen molar-refractivity contribution in [3.05, 3.63) is 65.2 Å². The number of nitrogens with zero attached hydrogens (tertiary/aromatic N) is 2. The molecule has 0 aliphatic carbocycles. The van der Waals surface area contributed by atoms with Crippen LogP contribution >= 0.6 is 6.64 Å². The number of ether oxygens (including phenoxy) is 2. The monoisotopic (exact) mass is 612 g/mol. The predicted octanol–water partition coefficient (Wildman–Crippen LogP) is 3.51. The third-order valence-corrected chi connectivity index (χ3v) is 8.76. The number of aliphatic hydroxyl groups excluding tert-OH is 1. The lowest BCUT2D eigenvalue weighted by molar-refractivity contribution is -0.203. The molecule has 1 unspecified atom stereocenters. The van der Waals surface area contributed by atoms with E-state index in [4.69, 9.17) is 36.1 Å². The fourth-order valence-electron chi connectivity index (χ4n) is 4.26. The first-order chi connectivity index (χ1) is 19.1. The summed E-state index contributed by atoms with van der Waals surface area (Å²) in [7, 11) is 0. The number of aromatic nitrogens is 2. The van der Waals surface area contributed by atoms with E-state index in [2.05, 4.69) is 10.1 Å². The fourth-order valence-corrected chi connectivity index (χ4v) is 6.66. The molecule has 15 heteroatoms. The van der Waals surface area contributed by atoms with E-state index in [1.54, 1.807) is 38.1 Å². The Kier molecular flexibility index (Phi) is 8.84. The number of fused-ring (bicyclic) bond motifs is 1. The van der Waals surface area contributed by atoms with Crippen molar-refractivity contribution in [2.75, 3.05) is 12.3 Å². The van der Waals surface area contributed by atoms with Crippen LogP contribution in [0.1, 0.15) is 33.9 Å². The number of nitrogens with two attached hydrogens (primary N) is 1. The predicted molar refractivity (Wildman–Crippen MR) is 151 cm³/mol. The highest BCUT2D eigenvalue weighted by Gasteiger charge is 2.65. The van der Waals surface area contributed by atoms with Crippen molar-refractivity contribution >= 4 is 41.0 Å². The SMILES string of the molecule is CC(C)OC(=O)[C@H](C)NP(=S)(OC[C@@]1(F)O[C@@H](n2ccc(N)nc2=O)[C@](C)(F)[C@@H]1O)Oc1cccc2ccccc12. The van der Waals surface area contributed by atoms with Gasteiger partial charge in [0.25, 0.3) is 5.85 Å². The third kappa shape index (κ3) is 6.58. The lowest BCUT2D eigenvalue weighted by Crippen LogP contribution is -2.47. The molecule has 2 aromatic carbocycles. The number of nitrogen functional groups attached to an aromatic ring is 1. The fraction of sp³-hybridized carbons (Fsp3) is 0.423. The normalized spacial score (nSPS) is 26.5. The van der Waals surface area contributed by atoms with Crippen molar-refractivity contribution in [1.29, 1.82) is 0 Å². The number of carbonyl (C=O) groups is 1. The maximum absolute atomic E-state index is 16.1. The van der Waals surface area contributed by atoms with Crippen LogP contribution in [-0.4, -0.2) is 57.0 Å². The van der Waals surface area contributed by atoms with Gasteiger partial charge in [-0.3, -0.25) is 9.36 Å². The molecule has 0 amide bonds. The quantitative estimate of drug-likeness (QED) is 0.228. The van der Waals surface area contributed by atoms with E-state index in [-0.39, 0.29) is 11.6 Å². The Morgan fingerprint density at radius 2 is 1.93 bits per heavy atom. The van der Waals surface area contributed by atoms with E-state index in [1.807, 2.05) is 18.2 Å². The second-order valence-electron chi connectivity index (χ2n) is 10.0. The van der Waals surface area contributed by atoms with Gasteiger partial charge in [-0.2, -0.15) is 4.98 Å². The molecule has 4 N–H and O–H groups in total. The Morgan fingerprint density at radius 3 is 2.61 bits per heavy atom. The van der Waals surface area contributed by atoms with Crippen LogP contribution in [-0.2, 0) is 30.6 Å². The van der Waals surface area contributed by atoms with Crippen molar-refractivity contribution in [3.63, 3.8) is 0 Å². The summed E-state index contributed by atoms with van der Waals surface area (Å²) >= 11 is 5.67. The van der Waals surface area contributed by atoms with Gasteiger partial charge in [0, 0.05) is 11.6 Å². The largest absolute Gasteiger partial charge is 0.462 e. The third-order valence-electron chi connectivity index (χ3n) is 6.29. The van der Waals surface area contributed by atoms with Crippen molar-refractivity contribution in [1.82, 2.24) is 14.6 Å². The van der Waals surface area contributed by atoms with E-state index >= 15 is 8.78 Å². The lowest BCUT2D eigenvalue weighted by atomic mass is 9.97. The smallest absolute Gasteiger partial charge is 0.351 e. The first-order valence-electron chi connectivity index (χ1n) is 12.6. The topological polar surface area (TPSA) is 147 Å². The van der Waals surface area contributed by atoms with Gasteiger partial charge in [-0.1, -0.05) is 36.4 Å². The van der Waals surface area contributed by atoms with E-state index < -0.39 is 60.9 Å². The van der Waals surface area contributed by atoms with Gasteiger partial charge in [0.05, 0.1) is 6.10 Å². The zero-order valence-corrected chi connectivity index (χ0v) is 24.4. The Balaban J connectivity index is 1.64. The van der Waals surface area contributed by atoms with Gasteiger partial charge in [-0.15, -0.1) is 0 Å². The molecule has 1 saturated heterocycles. The molecule has 4 rings (SSSR count). The van der Waals surface area contributed by atoms with Crippen molar-refractivity contribution in [2.24, 2.45) is 0 Å². The summed E-state index contributed by atoms with van der Waals surface area (Å²) in [4.78, 5) is 28.4. The van der Waals surface area contributed by atoms with E-state index in [9.17, 15) is 14.7 Å². The summed E-state index contributed by atoms with van der Waals surface area (Å²) in [6, 6.07) is 12.6. The number of hydrogen-bond acceptors (Lipinski definition) is 10. The Hall–Kier alpha value is -3.00. The summed E-state index contributed by atoms with van der Waals surface area (Å²) in [5.41, 5.74) is 1.67. The van der Waals surface area contributed by atoms with Crippen molar-refractivity contribution in [2.45, 2.75) is 63.7 Å². The second kappa shape index (κ2) is 11.7. The van der Waals surface area contributed by atoms with Crippen LogP contribution in [0, 0.1) is 0 Å². The number of benzene rings is 2. The molecule has 0 bridgehead atoms. The van der Waals surface area contributed by atoms with E-state index in [0.717, 1.165) is 18.5 Å². The summed E-state index contributed by atoms with van der Waals surface area (Å²) < 4.78 is 54.8. The molecule has 1 aliphatic rings. The van der Waals surface area contributed by atoms with Gasteiger partial charge in [0.1, 0.15) is 24.2 Å². The van der Waals surface area contributed by atoms with Crippen molar-refractivity contribution in [3.8, 4) is 5.75 Å². The van der Waals surface area contributed by atoms with Crippen LogP contribution in [0.3, 0.4) is 0 Å². The van der Waals surface area contributed by atoms with Crippen LogP contribution in [0.15, 0.2) is 59.5 Å². The number of alkyl halides is 2. The number of carbonyl (C=O) groups excluding carboxylic acids is 1. The summed E-state index contributed by atoms with van der Waals surface area (Å²) in [5.74, 6) is -3.72. The molecule has 1 aliphatic heterocycles. The molecule has 11 nitrogen and oxygen atoms in total. The molecule has 0 saturated carbocycles. The average molecular weight is 613 g/mol. The number of nitrogens with one attached hydrogen (secondary N) is 1. The minimum atomic E-state index is -3.84. The number of hydrogen-bond donors (Lipinski definition) is 3. The molecule has 0 radical (unpaired) electrons. The number of esters is 1. The van der Waals surface area contributed by atoms with Crippen LogP contribution in [0.25, 0.3) is 10.8 Å². The van der Waals surface area contributed by atoms with Gasteiger partial charge in [0.2, 0.25) is 0 Å². The van der Waals surface area contributed by atoms with Gasteiger partial charge >= 0.3 is 18.3 Å². The van der Waals surface area contributed by atoms with Crippen LogP contribution in [0.2, 0.25) is 0 Å². The maximum Gasteiger partial charge on any atom is 0.351 e. The van der Waals surface area contributed by atoms with Crippen LogP contribution in [0.5, 0.6) is 5.75 Å². The highest BCUT2D eigenvalue weighted by Crippen LogP contribution is 2.52. The highest BCUT2D eigenvalue weighted by molar-refractivity contribution is 8.09. The average Bonchev–Trinajstić information content (AvgIpc) is 3.07. The standard InChI is InChI=1S/C26H31F2N4O7PS/c1-15(2)37-21(33)16(3)31-40(41,39-19-11-7-9-17-8-5-6-10-18(17)19)36-14-26(28)22(34)25(4,27)23(38-26)32-13-12-20(29)30-24(32)35/h5-13,15-16,22-23,34H,14H2,1-4H3,(H,31,41)(H2,29,30,35)/t16-,22-,23+,25+,26+,40?/m0/s1. The minimum Gasteiger partial charge on any atom is -0.462 e. The molecular formula is C26H31F2N4O7PS. The number of aliphatic hydroxyl groups is 1. The minimum absolute atomic E-state index is 0.136. The summed E-state index contributed by atoms with van der Waals surface area (Å²) in [6.07, 6.45) is -3.69. The molecule has 1 aromatic heterocycles. The van der Waals surface area contributed by atoms with Gasteiger partial charge in [0.15, 0.2) is 18.0 Å². The molecule has 6 atom stereocenters. The number of anilines is 1. The van der Waals surface area contributed by atoms with E-state index in [0.29, 0.717) is 9.95 Å². The summed E-state index contributed by atoms with van der Waals surface area (Å²) in [5, 5.41) is 14.9. The maximum atomic E-state index is 16.1. The van der Waals surface area contributed by atoms with Crippen molar-refractivity contribution < 1.29 is 37.2 Å². The number of rotatable bonds is 10. The molecule has 0 spiro atoms. The van der Waals surface area contributed by atoms with Gasteiger partial charge in [-0.25, -0.2) is 18.7 Å². The molecule has 41 heavy (non-hydrogen) atoms. The molecule has 3 aromatic rings. The second-order valence-corrected chi connectivity index (χ2v) is 13.2. The molecule has 2 heterocycles. The zero-order chi connectivity index (χ0) is 30.2. The number of halogens is 2. The van der Waals surface area contributed by atoms with E-state index in [1.165, 1.54) is 13.0 Å². The lowest BCUT2D eigenvalue weighted by Gasteiger charge is -2.30. The Labute approximate surface area is 239 Å². The first kappa shape index (κ1) is 30.9. The zero-order valence-electron chi connectivity index (χ0n) is 22.7. The van der Waals surface area contributed by atoms with Gasteiger partial charge < -0.3 is 29.4 Å². The Morgan fingerprint density at radius 1 is 1.24 bits per heavy atom.